The van der Waals surface area contributed by atoms with Gasteiger partial charge < -0.3 is 34.3 Å². The van der Waals surface area contributed by atoms with Crippen molar-refractivity contribution in [2.75, 3.05) is 26.1 Å². The molecule has 0 spiro atoms. The predicted molar refractivity (Wildman–Crippen MR) is 170 cm³/mol. The topological polar surface area (TPSA) is 118 Å². The maximum Gasteiger partial charge on any atom is 0.255 e. The Bertz CT molecular complexity index is 1490. The monoisotopic (exact) mass is 618 g/mol. The number of hydrogen-bond donors (Lipinski definition) is 3. The molecule has 0 fully saturated rings. The fraction of sp³-hybridized carbons (Fsp3) is 0.412. The average molecular weight is 619 g/mol. The Labute approximate surface area is 259 Å². The number of carbonyl (C=O) groups excluding carboxylic acids is 2. The lowest BCUT2D eigenvalue weighted by Gasteiger charge is -2.44. The molecule has 0 saturated heterocycles. The molecule has 5 atom stereocenters. The number of rotatable bonds is 9. The smallest absolute Gasteiger partial charge is 0.255 e. The minimum atomic E-state index is -2.94. The van der Waals surface area contributed by atoms with Crippen molar-refractivity contribution in [1.29, 1.82) is 0 Å². The molecule has 10 heteroatoms. The zero-order chi connectivity index (χ0) is 31.6. The molecular formula is C34H42N2O7Si. The lowest BCUT2D eigenvalue weighted by molar-refractivity contribution is -0.136. The van der Waals surface area contributed by atoms with E-state index in [2.05, 4.69) is 5.32 Å². The van der Waals surface area contributed by atoms with Gasteiger partial charge in [0.1, 0.15) is 17.6 Å². The lowest BCUT2D eigenvalue weighted by Crippen LogP contribution is -2.52. The summed E-state index contributed by atoms with van der Waals surface area (Å²) in [5, 5.41) is 13.1. The molecule has 1 unspecified atom stereocenters. The van der Waals surface area contributed by atoms with E-state index in [1.165, 1.54) is 0 Å². The number of aliphatic hydroxyl groups excluding tert-OH is 1. The molecule has 0 saturated carbocycles. The molecule has 2 aliphatic rings. The van der Waals surface area contributed by atoms with Gasteiger partial charge in [0.05, 0.1) is 25.9 Å². The number of amides is 2. The molecule has 0 radical (unpaired) electrons. The van der Waals surface area contributed by atoms with Crippen molar-refractivity contribution < 1.29 is 33.7 Å². The van der Waals surface area contributed by atoms with Crippen LogP contribution in [-0.4, -0.2) is 67.9 Å². The first kappa shape index (κ1) is 31.7. The summed E-state index contributed by atoms with van der Waals surface area (Å²) < 4.78 is 17.7. The van der Waals surface area contributed by atoms with E-state index in [1.54, 1.807) is 55.5 Å². The van der Waals surface area contributed by atoms with Crippen molar-refractivity contribution >= 4 is 25.8 Å². The van der Waals surface area contributed by atoms with Gasteiger partial charge in [0.2, 0.25) is 5.91 Å². The number of nitrogens with zero attached hydrogens (tertiary/aromatic N) is 1. The summed E-state index contributed by atoms with van der Waals surface area (Å²) in [6, 6.07) is 20.0. The van der Waals surface area contributed by atoms with Gasteiger partial charge in [-0.1, -0.05) is 31.2 Å². The van der Waals surface area contributed by atoms with Crippen LogP contribution in [-0.2, 0) is 22.5 Å². The number of anilines is 1. The van der Waals surface area contributed by atoms with Gasteiger partial charge >= 0.3 is 0 Å². The normalized spacial score (nSPS) is 21.8. The summed E-state index contributed by atoms with van der Waals surface area (Å²) in [5.74, 6) is 0.705. The van der Waals surface area contributed by atoms with E-state index in [4.69, 9.17) is 14.2 Å². The molecule has 0 aliphatic carbocycles. The van der Waals surface area contributed by atoms with Crippen molar-refractivity contribution in [2.45, 2.75) is 63.2 Å². The van der Waals surface area contributed by atoms with Crippen LogP contribution in [0.3, 0.4) is 0 Å². The molecule has 3 aromatic carbocycles. The molecule has 0 bridgehead atoms. The Balaban J connectivity index is 1.37. The lowest BCUT2D eigenvalue weighted by atomic mass is 9.86. The van der Waals surface area contributed by atoms with Crippen molar-refractivity contribution in [2.24, 2.45) is 5.92 Å². The maximum atomic E-state index is 13.9. The first-order valence-electron chi connectivity index (χ1n) is 15.0. The van der Waals surface area contributed by atoms with Gasteiger partial charge in [-0.3, -0.25) is 9.59 Å². The number of nitrogens with one attached hydrogen (secondary N) is 1. The fourth-order valence-corrected chi connectivity index (χ4v) is 8.37. The molecule has 9 nitrogen and oxygen atoms in total. The van der Waals surface area contributed by atoms with E-state index >= 15 is 0 Å². The molecule has 234 valence electrons. The van der Waals surface area contributed by atoms with Crippen LogP contribution in [0.1, 0.15) is 46.5 Å². The Morgan fingerprint density at radius 2 is 1.77 bits per heavy atom. The molecule has 0 aromatic heterocycles. The van der Waals surface area contributed by atoms with Crippen molar-refractivity contribution in [3.05, 3.63) is 89.0 Å². The van der Waals surface area contributed by atoms with Gasteiger partial charge in [0, 0.05) is 48.3 Å². The first-order chi connectivity index (χ1) is 21.0. The van der Waals surface area contributed by atoms with Gasteiger partial charge in [-0.05, 0) is 73.1 Å². The van der Waals surface area contributed by atoms with Gasteiger partial charge in [-0.25, -0.2) is 0 Å². The third-order valence-electron chi connectivity index (χ3n) is 9.02. The molecule has 3 N–H and O–H groups in total. The highest BCUT2D eigenvalue weighted by Crippen LogP contribution is 2.47. The summed E-state index contributed by atoms with van der Waals surface area (Å²) in [5.41, 5.74) is 3.69. The number of hydrogen-bond acceptors (Lipinski definition) is 7. The van der Waals surface area contributed by atoms with Gasteiger partial charge in [-0.15, -0.1) is 0 Å². The van der Waals surface area contributed by atoms with Crippen molar-refractivity contribution in [1.82, 2.24) is 4.90 Å². The van der Waals surface area contributed by atoms with Crippen LogP contribution in [0, 0.1) is 5.92 Å². The van der Waals surface area contributed by atoms with Gasteiger partial charge in [0.25, 0.3) is 5.91 Å². The molecular weight excluding hydrogens is 576 g/mol. The van der Waals surface area contributed by atoms with Crippen LogP contribution in [0.2, 0.25) is 18.6 Å². The van der Waals surface area contributed by atoms with Crippen LogP contribution in [0.5, 0.6) is 11.5 Å². The van der Waals surface area contributed by atoms with Crippen LogP contribution < -0.4 is 14.8 Å². The third-order valence-corrected chi connectivity index (χ3v) is 11.4. The molecule has 2 aliphatic heterocycles. The Morgan fingerprint density at radius 1 is 1.07 bits per heavy atom. The highest BCUT2D eigenvalue weighted by molar-refractivity contribution is 6.71. The van der Waals surface area contributed by atoms with E-state index < -0.39 is 20.0 Å². The minimum Gasteiger partial charge on any atom is -0.497 e. The summed E-state index contributed by atoms with van der Waals surface area (Å²) in [6.45, 7) is 5.99. The standard InChI is InChI=1S/C34H42N2O7Si/c1-21-32(42-3)28-17-25(35-34(39)22-10-13-27(41-2)14-11-22)12-15-29(28)43-33(21)30(44(4,5)40)18-31(38)36-19-24-9-7-6-8-23(24)16-26(36)20-37/h6-15,17,21,26,30,32-33,37,40H,16,18-20H2,1-5H3,(H,35,39)/t21-,26-,30?,32-,33-/m0/s1. The van der Waals surface area contributed by atoms with Crippen LogP contribution in [0.4, 0.5) is 5.69 Å². The Kier molecular flexibility index (Phi) is 9.45. The molecule has 2 heterocycles. The number of ether oxygens (including phenoxy) is 3. The van der Waals surface area contributed by atoms with Crippen LogP contribution >= 0.6 is 0 Å². The molecule has 44 heavy (non-hydrogen) atoms. The second-order valence-electron chi connectivity index (χ2n) is 12.3. The summed E-state index contributed by atoms with van der Waals surface area (Å²) >= 11 is 0. The quantitative estimate of drug-likeness (QED) is 0.291. The largest absolute Gasteiger partial charge is 0.497 e. The Hall–Kier alpha value is -3.70. The molecule has 5 rings (SSSR count). The van der Waals surface area contributed by atoms with E-state index in [1.807, 2.05) is 50.3 Å². The van der Waals surface area contributed by atoms with E-state index in [0.29, 0.717) is 35.7 Å². The highest BCUT2D eigenvalue weighted by Gasteiger charge is 2.48. The number of benzene rings is 3. The zero-order valence-corrected chi connectivity index (χ0v) is 26.9. The molecule has 2 amide bonds. The van der Waals surface area contributed by atoms with Crippen molar-refractivity contribution in [3.63, 3.8) is 0 Å². The van der Waals surface area contributed by atoms with E-state index in [9.17, 15) is 19.5 Å². The first-order valence-corrected chi connectivity index (χ1v) is 18.0. The number of aliphatic hydroxyl groups is 1. The maximum absolute atomic E-state index is 13.9. The van der Waals surface area contributed by atoms with E-state index in [-0.39, 0.29) is 42.9 Å². The predicted octanol–water partition coefficient (Wildman–Crippen LogP) is 4.94. The average Bonchev–Trinajstić information content (AvgIpc) is 3.02. The summed E-state index contributed by atoms with van der Waals surface area (Å²) in [7, 11) is 0.266. The number of fused-ring (bicyclic) bond motifs is 2. The second-order valence-corrected chi connectivity index (χ2v) is 16.4. The third kappa shape index (κ3) is 6.53. The number of methoxy groups -OCH3 is 2. The highest BCUT2D eigenvalue weighted by atomic mass is 28.4. The molecule has 3 aromatic rings. The Morgan fingerprint density at radius 3 is 2.41 bits per heavy atom. The SMILES string of the molecule is COc1ccc(C(=O)Nc2ccc3c(c2)[C@@H](OC)[C@H](C)[C@@H](C(CC(=O)N2Cc4ccccc4C[C@H]2CO)[Si](C)(C)O)O3)cc1. The summed E-state index contributed by atoms with van der Waals surface area (Å²) in [6.07, 6.45) is -0.170. The van der Waals surface area contributed by atoms with Crippen LogP contribution in [0.25, 0.3) is 0 Å². The second kappa shape index (κ2) is 13.1. The zero-order valence-electron chi connectivity index (χ0n) is 25.9. The van der Waals surface area contributed by atoms with Gasteiger partial charge in [0.15, 0.2) is 8.32 Å². The van der Waals surface area contributed by atoms with Crippen LogP contribution in [0.15, 0.2) is 66.7 Å². The van der Waals surface area contributed by atoms with Gasteiger partial charge in [-0.2, -0.15) is 0 Å². The van der Waals surface area contributed by atoms with E-state index in [0.717, 1.165) is 16.7 Å². The summed E-state index contributed by atoms with van der Waals surface area (Å²) in [4.78, 5) is 40.0. The minimum absolute atomic E-state index is 0.102. The fourth-order valence-electron chi connectivity index (χ4n) is 6.52. The van der Waals surface area contributed by atoms with Crippen molar-refractivity contribution in [3.8, 4) is 11.5 Å². The number of carbonyl (C=O) groups is 2.